The van der Waals surface area contributed by atoms with Gasteiger partial charge < -0.3 is 9.32 Å². The van der Waals surface area contributed by atoms with E-state index in [1.165, 1.54) is 22.5 Å². The van der Waals surface area contributed by atoms with Crippen molar-refractivity contribution >= 4 is 17.2 Å². The lowest BCUT2D eigenvalue weighted by Gasteiger charge is -2.36. The van der Waals surface area contributed by atoms with Gasteiger partial charge in [-0.15, -0.1) is 11.3 Å². The second-order valence-electron chi connectivity index (χ2n) is 7.44. The summed E-state index contributed by atoms with van der Waals surface area (Å²) in [5.41, 5.74) is 3.59. The summed E-state index contributed by atoms with van der Waals surface area (Å²) in [4.78, 5) is 20.1. The van der Waals surface area contributed by atoms with Crippen LogP contribution < -0.4 is 0 Å². The Kier molecular flexibility index (Phi) is 4.32. The number of carbonyl (C=O) groups is 1. The molecule has 1 unspecified atom stereocenters. The number of amides is 1. The van der Waals surface area contributed by atoms with Crippen LogP contribution in [-0.2, 0) is 17.6 Å². The van der Waals surface area contributed by atoms with Crippen LogP contribution >= 0.6 is 11.3 Å². The molecule has 1 fully saturated rings. The fraction of sp³-hybridized carbons (Fsp3) is 0.364. The molecule has 138 valence electrons. The number of aromatic nitrogens is 1. The zero-order valence-corrected chi connectivity index (χ0v) is 16.0. The molecule has 1 saturated carbocycles. The van der Waals surface area contributed by atoms with E-state index >= 15 is 0 Å². The third-order valence-corrected chi connectivity index (χ3v) is 6.42. The zero-order chi connectivity index (χ0) is 18.2. The van der Waals surface area contributed by atoms with E-state index in [0.29, 0.717) is 12.5 Å². The number of hydrogen-bond acceptors (Lipinski definition) is 4. The summed E-state index contributed by atoms with van der Waals surface area (Å²) in [5.74, 6) is 0.967. The molecule has 2 aliphatic rings. The monoisotopic (exact) mass is 378 g/mol. The van der Waals surface area contributed by atoms with Gasteiger partial charge in [0.2, 0.25) is 5.91 Å². The standard InChI is InChI=1S/C22H22N2O2S/c25-21(13-16-14-27-22(23-16)20-9-4-12-26-20)24(17-10-11-17)19-8-3-6-15-5-1-2-7-18(15)19/h1-2,4-5,7,9,12,14,17,19H,3,6,8,10-11,13H2. The summed E-state index contributed by atoms with van der Waals surface area (Å²) in [6, 6.07) is 13.0. The molecule has 1 amide bonds. The molecule has 5 rings (SSSR count). The number of hydrogen-bond donors (Lipinski definition) is 0. The molecule has 2 aliphatic carbocycles. The van der Waals surface area contributed by atoms with Gasteiger partial charge >= 0.3 is 0 Å². The Morgan fingerprint density at radius 2 is 2.07 bits per heavy atom. The van der Waals surface area contributed by atoms with Gasteiger partial charge in [0.25, 0.3) is 0 Å². The molecule has 0 radical (unpaired) electrons. The predicted octanol–water partition coefficient (Wildman–Crippen LogP) is 5.01. The Bertz CT molecular complexity index is 943. The Hall–Kier alpha value is -2.40. The molecule has 0 spiro atoms. The largest absolute Gasteiger partial charge is 0.462 e. The lowest BCUT2D eigenvalue weighted by molar-refractivity contribution is -0.134. The number of nitrogens with zero attached hydrogens (tertiary/aromatic N) is 2. The van der Waals surface area contributed by atoms with Gasteiger partial charge in [-0.1, -0.05) is 24.3 Å². The third kappa shape index (κ3) is 3.32. The normalized spacial score (nSPS) is 18.9. The fourth-order valence-electron chi connectivity index (χ4n) is 4.15. The molecule has 5 heteroatoms. The van der Waals surface area contributed by atoms with Crippen molar-refractivity contribution in [3.05, 3.63) is 64.9 Å². The molecule has 0 aliphatic heterocycles. The average molecular weight is 378 g/mol. The molecule has 4 nitrogen and oxygen atoms in total. The zero-order valence-electron chi connectivity index (χ0n) is 15.1. The smallest absolute Gasteiger partial charge is 0.229 e. The number of benzene rings is 1. The number of thiazole rings is 1. The number of aryl methyl sites for hydroxylation is 1. The van der Waals surface area contributed by atoms with E-state index in [2.05, 4.69) is 34.1 Å². The van der Waals surface area contributed by atoms with Crippen molar-refractivity contribution in [1.29, 1.82) is 0 Å². The highest BCUT2D eigenvalue weighted by molar-refractivity contribution is 7.13. The fourth-order valence-corrected chi connectivity index (χ4v) is 4.94. The first-order valence-corrected chi connectivity index (χ1v) is 10.5. The minimum absolute atomic E-state index is 0.204. The topological polar surface area (TPSA) is 46.3 Å². The molecule has 3 aromatic rings. The molecule has 2 heterocycles. The van der Waals surface area contributed by atoms with E-state index in [1.807, 2.05) is 17.5 Å². The molecule has 27 heavy (non-hydrogen) atoms. The van der Waals surface area contributed by atoms with Crippen LogP contribution in [0.2, 0.25) is 0 Å². The summed E-state index contributed by atoms with van der Waals surface area (Å²) in [7, 11) is 0. The van der Waals surface area contributed by atoms with E-state index in [4.69, 9.17) is 4.42 Å². The van der Waals surface area contributed by atoms with E-state index in [-0.39, 0.29) is 11.9 Å². The molecule has 0 saturated heterocycles. The minimum atomic E-state index is 0.204. The van der Waals surface area contributed by atoms with Crippen LogP contribution in [-0.4, -0.2) is 21.8 Å². The van der Waals surface area contributed by atoms with Crippen molar-refractivity contribution in [2.24, 2.45) is 0 Å². The van der Waals surface area contributed by atoms with Gasteiger partial charge in [-0.3, -0.25) is 4.79 Å². The molecule has 0 N–H and O–H groups in total. The quantitative estimate of drug-likeness (QED) is 0.627. The number of fused-ring (bicyclic) bond motifs is 1. The molecule has 0 bridgehead atoms. The van der Waals surface area contributed by atoms with E-state index < -0.39 is 0 Å². The number of rotatable bonds is 5. The van der Waals surface area contributed by atoms with E-state index in [0.717, 1.165) is 48.6 Å². The first kappa shape index (κ1) is 16.8. The van der Waals surface area contributed by atoms with Crippen molar-refractivity contribution in [1.82, 2.24) is 9.88 Å². The summed E-state index contributed by atoms with van der Waals surface area (Å²) < 4.78 is 5.42. The van der Waals surface area contributed by atoms with Gasteiger partial charge in [0.05, 0.1) is 24.4 Å². The highest BCUT2D eigenvalue weighted by Gasteiger charge is 2.39. The van der Waals surface area contributed by atoms with Gasteiger partial charge in [0, 0.05) is 11.4 Å². The third-order valence-electron chi connectivity index (χ3n) is 5.52. The summed E-state index contributed by atoms with van der Waals surface area (Å²) >= 11 is 1.53. The van der Waals surface area contributed by atoms with Crippen LogP contribution in [0.1, 0.15) is 48.5 Å². The Balaban J connectivity index is 1.38. The lowest BCUT2D eigenvalue weighted by Crippen LogP contribution is -2.39. The highest BCUT2D eigenvalue weighted by Crippen LogP contribution is 2.41. The van der Waals surface area contributed by atoms with Crippen molar-refractivity contribution in [2.75, 3.05) is 0 Å². The van der Waals surface area contributed by atoms with Gasteiger partial charge in [0.15, 0.2) is 10.8 Å². The van der Waals surface area contributed by atoms with Crippen molar-refractivity contribution in [3.63, 3.8) is 0 Å². The SMILES string of the molecule is O=C(Cc1csc(-c2ccco2)n1)N(C1CC1)C1CCCc2ccccc21. The van der Waals surface area contributed by atoms with Gasteiger partial charge in [-0.25, -0.2) is 4.98 Å². The second-order valence-corrected chi connectivity index (χ2v) is 8.30. The molecule has 1 aromatic carbocycles. The lowest BCUT2D eigenvalue weighted by atomic mass is 9.86. The van der Waals surface area contributed by atoms with Crippen LogP contribution in [0.4, 0.5) is 0 Å². The molecule has 2 aromatic heterocycles. The summed E-state index contributed by atoms with van der Waals surface area (Å²) in [6.07, 6.45) is 7.60. The van der Waals surface area contributed by atoms with E-state index in [9.17, 15) is 4.79 Å². The van der Waals surface area contributed by atoms with Crippen molar-refractivity contribution < 1.29 is 9.21 Å². The predicted molar refractivity (Wildman–Crippen MR) is 106 cm³/mol. The van der Waals surface area contributed by atoms with Crippen LogP contribution in [0, 0.1) is 0 Å². The first-order valence-electron chi connectivity index (χ1n) is 9.67. The number of furan rings is 1. The maximum absolute atomic E-state index is 13.3. The second kappa shape index (κ2) is 6.97. The maximum Gasteiger partial charge on any atom is 0.229 e. The summed E-state index contributed by atoms with van der Waals surface area (Å²) in [5, 5.41) is 2.82. The van der Waals surface area contributed by atoms with Crippen LogP contribution in [0.15, 0.2) is 52.5 Å². The highest BCUT2D eigenvalue weighted by atomic mass is 32.1. The molecule has 1 atom stereocenters. The maximum atomic E-state index is 13.3. The van der Waals surface area contributed by atoms with Crippen LogP contribution in [0.25, 0.3) is 10.8 Å². The molecular weight excluding hydrogens is 356 g/mol. The summed E-state index contributed by atoms with van der Waals surface area (Å²) in [6.45, 7) is 0. The first-order chi connectivity index (χ1) is 13.3. The van der Waals surface area contributed by atoms with E-state index in [1.54, 1.807) is 6.26 Å². The molecular formula is C22H22N2O2S. The van der Waals surface area contributed by atoms with Crippen LogP contribution in [0.5, 0.6) is 0 Å². The van der Waals surface area contributed by atoms with Gasteiger partial charge in [0.1, 0.15) is 0 Å². The number of carbonyl (C=O) groups excluding carboxylic acids is 1. The Morgan fingerprint density at radius 1 is 1.19 bits per heavy atom. The van der Waals surface area contributed by atoms with Gasteiger partial charge in [-0.2, -0.15) is 0 Å². The Morgan fingerprint density at radius 3 is 2.89 bits per heavy atom. The van der Waals surface area contributed by atoms with Crippen molar-refractivity contribution in [3.8, 4) is 10.8 Å². The Labute approximate surface area is 162 Å². The average Bonchev–Trinajstić information content (AvgIpc) is 3.17. The van der Waals surface area contributed by atoms with Crippen molar-refractivity contribution in [2.45, 2.75) is 50.6 Å². The minimum Gasteiger partial charge on any atom is -0.462 e. The van der Waals surface area contributed by atoms with Gasteiger partial charge in [-0.05, 0) is 55.4 Å². The van der Waals surface area contributed by atoms with Crippen LogP contribution in [0.3, 0.4) is 0 Å².